The molecule has 2 N–H and O–H groups in total. The van der Waals surface area contributed by atoms with Gasteiger partial charge < -0.3 is 15.3 Å². The van der Waals surface area contributed by atoms with Gasteiger partial charge in [0, 0.05) is 37.9 Å². The Hall–Kier alpha value is -2.30. The minimum absolute atomic E-state index is 0.00672. The summed E-state index contributed by atoms with van der Waals surface area (Å²) in [6.45, 7) is -0.107. The van der Waals surface area contributed by atoms with Crippen molar-refractivity contribution in [3.8, 4) is 0 Å². The molecular formula is C18H20F5N3O3. The Morgan fingerprint density at radius 2 is 1.86 bits per heavy atom. The molecule has 2 atom stereocenters. The van der Waals surface area contributed by atoms with Crippen LogP contribution in [0.4, 0.5) is 27.8 Å². The fourth-order valence-electron chi connectivity index (χ4n) is 3.67. The molecule has 29 heavy (non-hydrogen) atoms. The second-order valence-electron chi connectivity index (χ2n) is 7.45. The highest BCUT2D eigenvalue weighted by Crippen LogP contribution is 2.38. The van der Waals surface area contributed by atoms with Crippen LogP contribution < -0.4 is 5.32 Å². The molecule has 1 aliphatic heterocycles. The maximum atomic E-state index is 13.3. The molecule has 2 amide bonds. The molecule has 0 unspecified atom stereocenters. The Balaban J connectivity index is 1.66. The van der Waals surface area contributed by atoms with Gasteiger partial charge in [-0.1, -0.05) is 0 Å². The number of rotatable bonds is 3. The summed E-state index contributed by atoms with van der Waals surface area (Å²) >= 11 is 0. The van der Waals surface area contributed by atoms with Gasteiger partial charge in [-0.3, -0.25) is 9.59 Å². The molecule has 1 saturated heterocycles. The molecule has 1 aliphatic carbocycles. The first-order valence-electron chi connectivity index (χ1n) is 9.17. The Morgan fingerprint density at radius 1 is 1.21 bits per heavy atom. The molecule has 3 rings (SSSR count). The molecule has 160 valence electrons. The number of hydrogen-bond donors (Lipinski definition) is 2. The second kappa shape index (κ2) is 7.85. The minimum Gasteiger partial charge on any atom is -0.391 e. The predicted octanol–water partition coefficient (Wildman–Crippen LogP) is 2.83. The number of likely N-dealkylation sites (tertiary alicyclic amines) is 1. The Morgan fingerprint density at radius 3 is 2.41 bits per heavy atom. The van der Waals surface area contributed by atoms with Crippen molar-refractivity contribution in [3.63, 3.8) is 0 Å². The molecular weight excluding hydrogens is 401 g/mol. The van der Waals surface area contributed by atoms with Crippen molar-refractivity contribution in [2.45, 2.75) is 56.3 Å². The lowest BCUT2D eigenvalue weighted by molar-refractivity contribution is -0.143. The summed E-state index contributed by atoms with van der Waals surface area (Å²) < 4.78 is 64.4. The average Bonchev–Trinajstić information content (AvgIpc) is 3.03. The number of aliphatic hydroxyl groups is 1. The van der Waals surface area contributed by atoms with Gasteiger partial charge in [-0.15, -0.1) is 0 Å². The summed E-state index contributed by atoms with van der Waals surface area (Å²) in [4.78, 5) is 30.0. The lowest BCUT2D eigenvalue weighted by atomic mass is 9.85. The van der Waals surface area contributed by atoms with Crippen LogP contribution in [0, 0.1) is 5.92 Å². The van der Waals surface area contributed by atoms with Crippen LogP contribution in [0.5, 0.6) is 0 Å². The first kappa shape index (κ1) is 21.4. The fourth-order valence-corrected chi connectivity index (χ4v) is 3.67. The predicted molar refractivity (Wildman–Crippen MR) is 90.9 cm³/mol. The summed E-state index contributed by atoms with van der Waals surface area (Å²) in [6.07, 6.45) is -5.84. The number of carbonyl (C=O) groups excluding carboxylic acids is 2. The van der Waals surface area contributed by atoms with Gasteiger partial charge in [0.15, 0.2) is 0 Å². The molecule has 6 nitrogen and oxygen atoms in total. The lowest BCUT2D eigenvalue weighted by Gasteiger charge is -2.32. The molecule has 0 radical (unpaired) electrons. The Bertz CT molecular complexity index is 759. The summed E-state index contributed by atoms with van der Waals surface area (Å²) in [5.74, 6) is -4.76. The SMILES string of the molecule is O=C(Nc1ccc(C(F)(F)F)cn1)[C@@H]1C[C@@H](O)CN1C(=O)C1CCC(F)(F)CC1. The van der Waals surface area contributed by atoms with Gasteiger partial charge >= 0.3 is 6.18 Å². The van der Waals surface area contributed by atoms with Crippen molar-refractivity contribution in [2.24, 2.45) is 5.92 Å². The van der Waals surface area contributed by atoms with Crippen LogP contribution in [0.15, 0.2) is 18.3 Å². The maximum Gasteiger partial charge on any atom is 0.417 e. The molecule has 0 aromatic carbocycles. The van der Waals surface area contributed by atoms with Crippen molar-refractivity contribution in [1.82, 2.24) is 9.88 Å². The maximum absolute atomic E-state index is 13.3. The largest absolute Gasteiger partial charge is 0.417 e. The quantitative estimate of drug-likeness (QED) is 0.736. The number of carbonyl (C=O) groups is 2. The van der Waals surface area contributed by atoms with Crippen LogP contribution in [0.25, 0.3) is 0 Å². The van der Waals surface area contributed by atoms with E-state index in [-0.39, 0.29) is 31.6 Å². The highest BCUT2D eigenvalue weighted by atomic mass is 19.4. The van der Waals surface area contributed by atoms with Gasteiger partial charge in [0.1, 0.15) is 11.9 Å². The number of nitrogens with one attached hydrogen (secondary N) is 1. The first-order chi connectivity index (χ1) is 13.5. The summed E-state index contributed by atoms with van der Waals surface area (Å²) in [5.41, 5.74) is -0.974. The van der Waals surface area contributed by atoms with Crippen molar-refractivity contribution in [2.75, 3.05) is 11.9 Å². The lowest BCUT2D eigenvalue weighted by Crippen LogP contribution is -2.47. The molecule has 11 heteroatoms. The van der Waals surface area contributed by atoms with Gasteiger partial charge in [-0.25, -0.2) is 13.8 Å². The summed E-state index contributed by atoms with van der Waals surface area (Å²) in [7, 11) is 0. The zero-order valence-corrected chi connectivity index (χ0v) is 15.3. The number of nitrogens with zero attached hydrogens (tertiary/aromatic N) is 2. The number of halogens is 5. The van der Waals surface area contributed by atoms with Gasteiger partial charge in [-0.2, -0.15) is 13.2 Å². The molecule has 0 bridgehead atoms. The number of aliphatic hydroxyl groups excluding tert-OH is 1. The number of hydrogen-bond acceptors (Lipinski definition) is 4. The summed E-state index contributed by atoms with van der Waals surface area (Å²) in [5, 5.41) is 12.2. The van der Waals surface area contributed by atoms with E-state index in [1.807, 2.05) is 0 Å². The van der Waals surface area contributed by atoms with E-state index >= 15 is 0 Å². The normalized spacial score (nSPS) is 25.1. The third kappa shape index (κ3) is 5.01. The number of aromatic nitrogens is 1. The van der Waals surface area contributed by atoms with Crippen LogP contribution in [-0.4, -0.2) is 51.4 Å². The Kier molecular flexibility index (Phi) is 5.79. The van der Waals surface area contributed by atoms with Crippen LogP contribution in [0.3, 0.4) is 0 Å². The van der Waals surface area contributed by atoms with Crippen LogP contribution in [0.1, 0.15) is 37.7 Å². The van der Waals surface area contributed by atoms with Crippen LogP contribution in [0.2, 0.25) is 0 Å². The summed E-state index contributed by atoms with van der Waals surface area (Å²) in [6, 6.07) is 0.697. The van der Waals surface area contributed by atoms with Crippen molar-refractivity contribution < 1.29 is 36.6 Å². The number of pyridine rings is 1. The third-order valence-electron chi connectivity index (χ3n) is 5.27. The van der Waals surface area contributed by atoms with E-state index in [0.717, 1.165) is 17.0 Å². The standard InChI is InChI=1S/C18H20F5N3O3/c19-17(20)5-3-10(4-6-17)16(29)26-9-12(27)7-13(26)15(28)25-14-2-1-11(8-24-14)18(21,22)23/h1-2,8,10,12-13,27H,3-7,9H2,(H,24,25,28)/t12-,13+/m1/s1. The zero-order valence-electron chi connectivity index (χ0n) is 15.3. The third-order valence-corrected chi connectivity index (χ3v) is 5.27. The van der Waals surface area contributed by atoms with Crippen molar-refractivity contribution in [1.29, 1.82) is 0 Å². The molecule has 1 aromatic rings. The molecule has 0 spiro atoms. The topological polar surface area (TPSA) is 82.5 Å². The molecule has 2 aliphatic rings. The Labute approximate surface area is 163 Å². The highest BCUT2D eigenvalue weighted by molar-refractivity contribution is 5.97. The number of amides is 2. The van der Waals surface area contributed by atoms with Gasteiger partial charge in [0.05, 0.1) is 11.7 Å². The smallest absolute Gasteiger partial charge is 0.391 e. The van der Waals surface area contributed by atoms with E-state index in [1.165, 1.54) is 0 Å². The van der Waals surface area contributed by atoms with Crippen molar-refractivity contribution in [3.05, 3.63) is 23.9 Å². The highest BCUT2D eigenvalue weighted by Gasteiger charge is 2.44. The van der Waals surface area contributed by atoms with E-state index in [2.05, 4.69) is 10.3 Å². The molecule has 1 saturated carbocycles. The minimum atomic E-state index is -4.56. The first-order valence-corrected chi connectivity index (χ1v) is 9.17. The van der Waals surface area contributed by atoms with Crippen molar-refractivity contribution >= 4 is 17.6 Å². The van der Waals surface area contributed by atoms with E-state index in [0.29, 0.717) is 6.20 Å². The van der Waals surface area contributed by atoms with E-state index in [9.17, 15) is 36.6 Å². The average molecular weight is 421 g/mol. The van der Waals surface area contributed by atoms with E-state index in [1.54, 1.807) is 0 Å². The van der Waals surface area contributed by atoms with E-state index in [4.69, 9.17) is 0 Å². The molecule has 1 aromatic heterocycles. The van der Waals surface area contributed by atoms with Gasteiger partial charge in [-0.05, 0) is 25.0 Å². The molecule has 2 heterocycles. The van der Waals surface area contributed by atoms with Crippen LogP contribution >= 0.6 is 0 Å². The number of alkyl halides is 5. The fraction of sp³-hybridized carbons (Fsp3) is 0.611. The number of anilines is 1. The monoisotopic (exact) mass is 421 g/mol. The van der Waals surface area contributed by atoms with E-state index < -0.39 is 60.4 Å². The van der Waals surface area contributed by atoms with Crippen LogP contribution in [-0.2, 0) is 15.8 Å². The molecule has 2 fully saturated rings. The second-order valence-corrected chi connectivity index (χ2v) is 7.45. The zero-order chi connectivity index (χ0) is 21.4. The number of β-amino-alcohol motifs (C(OH)–C–C–N with tert-alkyl or cyclic N) is 1. The van der Waals surface area contributed by atoms with Gasteiger partial charge in [0.25, 0.3) is 0 Å². The van der Waals surface area contributed by atoms with Gasteiger partial charge in [0.2, 0.25) is 17.7 Å².